The summed E-state index contributed by atoms with van der Waals surface area (Å²) in [4.78, 5) is 12.1. The van der Waals surface area contributed by atoms with Crippen molar-refractivity contribution in [3.8, 4) is 0 Å². The zero-order chi connectivity index (χ0) is 13.7. The number of benzene rings is 1. The smallest absolute Gasteiger partial charge is 0.253 e. The van der Waals surface area contributed by atoms with Crippen molar-refractivity contribution < 1.29 is 4.79 Å². The molecule has 18 heavy (non-hydrogen) atoms. The maximum atomic E-state index is 12.1. The third-order valence-corrected chi connectivity index (χ3v) is 3.11. The van der Waals surface area contributed by atoms with Crippen LogP contribution in [0.3, 0.4) is 0 Å². The van der Waals surface area contributed by atoms with E-state index >= 15 is 0 Å². The van der Waals surface area contributed by atoms with Crippen molar-refractivity contribution in [2.75, 3.05) is 6.54 Å². The Kier molecular flexibility index (Phi) is 5.93. The van der Waals surface area contributed by atoms with Crippen molar-refractivity contribution in [3.05, 3.63) is 33.8 Å². The van der Waals surface area contributed by atoms with E-state index in [2.05, 4.69) is 19.2 Å². The van der Waals surface area contributed by atoms with Crippen LogP contribution < -0.4 is 11.1 Å². The lowest BCUT2D eigenvalue weighted by molar-refractivity contribution is 0.0934. The molecule has 0 bridgehead atoms. The zero-order valence-corrected chi connectivity index (χ0v) is 12.1. The summed E-state index contributed by atoms with van der Waals surface area (Å²) in [5.74, 6) is 0.229. The fraction of sp³-hybridized carbons (Fsp3) is 0.462. The van der Waals surface area contributed by atoms with Gasteiger partial charge in [-0.25, -0.2) is 0 Å². The van der Waals surface area contributed by atoms with E-state index in [0.717, 1.165) is 6.42 Å². The molecule has 0 heterocycles. The molecule has 1 rings (SSSR count). The van der Waals surface area contributed by atoms with Crippen LogP contribution in [0.1, 0.15) is 30.6 Å². The van der Waals surface area contributed by atoms with Gasteiger partial charge in [0.25, 0.3) is 5.91 Å². The van der Waals surface area contributed by atoms with E-state index in [1.54, 1.807) is 18.2 Å². The maximum absolute atomic E-state index is 12.1. The van der Waals surface area contributed by atoms with Crippen LogP contribution in [0.4, 0.5) is 0 Å². The summed E-state index contributed by atoms with van der Waals surface area (Å²) in [5.41, 5.74) is 6.02. The number of hydrogen-bond acceptors (Lipinski definition) is 2. The largest absolute Gasteiger partial charge is 0.348 e. The monoisotopic (exact) mass is 288 g/mol. The van der Waals surface area contributed by atoms with Crippen LogP contribution in [-0.2, 0) is 0 Å². The number of halogens is 2. The fourth-order valence-electron chi connectivity index (χ4n) is 1.72. The van der Waals surface area contributed by atoms with E-state index in [-0.39, 0.29) is 11.9 Å². The highest BCUT2D eigenvalue weighted by Gasteiger charge is 2.16. The molecule has 100 valence electrons. The number of hydrogen-bond donors (Lipinski definition) is 2. The van der Waals surface area contributed by atoms with Crippen LogP contribution in [0.5, 0.6) is 0 Å². The van der Waals surface area contributed by atoms with Gasteiger partial charge in [0.05, 0.1) is 10.6 Å². The molecule has 0 aliphatic carbocycles. The minimum atomic E-state index is -0.237. The first kappa shape index (κ1) is 15.3. The average Bonchev–Trinajstić information content (AvgIpc) is 2.30. The molecule has 0 saturated carbocycles. The van der Waals surface area contributed by atoms with E-state index in [1.165, 1.54) is 0 Å². The molecular formula is C13H18Cl2N2O. The number of nitrogens with one attached hydrogen (secondary N) is 1. The van der Waals surface area contributed by atoms with Crippen molar-refractivity contribution in [1.82, 2.24) is 5.32 Å². The standard InChI is InChI=1S/C13H18Cl2N2O/c1-8(2)5-10(7-16)17-13(18)11-6-9(14)3-4-12(11)15/h3-4,6,8,10H,5,7,16H2,1-2H3,(H,17,18). The van der Waals surface area contributed by atoms with Gasteiger partial charge in [-0.3, -0.25) is 4.79 Å². The van der Waals surface area contributed by atoms with E-state index in [0.29, 0.717) is 28.1 Å². The Morgan fingerprint density at radius 3 is 2.61 bits per heavy atom. The van der Waals surface area contributed by atoms with Gasteiger partial charge >= 0.3 is 0 Å². The Morgan fingerprint density at radius 1 is 1.39 bits per heavy atom. The predicted octanol–water partition coefficient (Wildman–Crippen LogP) is 3.10. The zero-order valence-electron chi connectivity index (χ0n) is 10.5. The van der Waals surface area contributed by atoms with Crippen molar-refractivity contribution in [2.45, 2.75) is 26.3 Å². The molecule has 0 fully saturated rings. The molecule has 1 aromatic carbocycles. The molecular weight excluding hydrogens is 271 g/mol. The normalized spacial score (nSPS) is 12.6. The average molecular weight is 289 g/mol. The Labute approximate surface area is 118 Å². The summed E-state index contributed by atoms with van der Waals surface area (Å²) < 4.78 is 0. The quantitative estimate of drug-likeness (QED) is 0.875. The summed E-state index contributed by atoms with van der Waals surface area (Å²) in [5, 5.41) is 3.75. The molecule has 3 nitrogen and oxygen atoms in total. The van der Waals surface area contributed by atoms with Gasteiger partial charge < -0.3 is 11.1 Å². The summed E-state index contributed by atoms with van der Waals surface area (Å²) in [6, 6.07) is 4.77. The first-order chi connectivity index (χ1) is 8.43. The highest BCUT2D eigenvalue weighted by molar-refractivity contribution is 6.35. The van der Waals surface area contributed by atoms with Crippen LogP contribution in [0.2, 0.25) is 10.0 Å². The lowest BCUT2D eigenvalue weighted by Crippen LogP contribution is -2.41. The van der Waals surface area contributed by atoms with Gasteiger partial charge in [-0.2, -0.15) is 0 Å². The molecule has 1 atom stereocenters. The highest BCUT2D eigenvalue weighted by Crippen LogP contribution is 2.20. The number of nitrogens with two attached hydrogens (primary N) is 1. The molecule has 0 radical (unpaired) electrons. The third-order valence-electron chi connectivity index (χ3n) is 2.55. The Balaban J connectivity index is 2.77. The minimum Gasteiger partial charge on any atom is -0.348 e. The molecule has 0 aliphatic rings. The third kappa shape index (κ3) is 4.48. The fourth-order valence-corrected chi connectivity index (χ4v) is 2.09. The number of rotatable bonds is 5. The summed E-state index contributed by atoms with van der Waals surface area (Å²) in [6.07, 6.45) is 0.834. The summed E-state index contributed by atoms with van der Waals surface area (Å²) in [7, 11) is 0. The van der Waals surface area contributed by atoms with Gasteiger partial charge in [-0.1, -0.05) is 37.0 Å². The Morgan fingerprint density at radius 2 is 2.06 bits per heavy atom. The molecule has 5 heteroatoms. The van der Waals surface area contributed by atoms with Crippen LogP contribution >= 0.6 is 23.2 Å². The van der Waals surface area contributed by atoms with Crippen molar-refractivity contribution in [3.63, 3.8) is 0 Å². The number of carbonyl (C=O) groups is 1. The van der Waals surface area contributed by atoms with Gasteiger partial charge in [0.1, 0.15) is 0 Å². The van der Waals surface area contributed by atoms with Gasteiger partial charge in [0, 0.05) is 17.6 Å². The first-order valence-corrected chi connectivity index (χ1v) is 6.65. The van der Waals surface area contributed by atoms with Crippen molar-refractivity contribution >= 4 is 29.1 Å². The van der Waals surface area contributed by atoms with Gasteiger partial charge in [0.2, 0.25) is 0 Å². The summed E-state index contributed by atoms with van der Waals surface area (Å²) >= 11 is 11.8. The van der Waals surface area contributed by atoms with Crippen molar-refractivity contribution in [2.24, 2.45) is 11.7 Å². The second-order valence-electron chi connectivity index (χ2n) is 4.66. The predicted molar refractivity (Wildman–Crippen MR) is 76.2 cm³/mol. The minimum absolute atomic E-state index is 0.0486. The second kappa shape index (κ2) is 6.98. The first-order valence-electron chi connectivity index (χ1n) is 5.90. The summed E-state index contributed by atoms with van der Waals surface area (Å²) in [6.45, 7) is 4.57. The molecule has 0 aromatic heterocycles. The Bertz CT molecular complexity index is 421. The number of carbonyl (C=O) groups excluding carboxylic acids is 1. The molecule has 1 unspecified atom stereocenters. The lowest BCUT2D eigenvalue weighted by Gasteiger charge is -2.19. The van der Waals surface area contributed by atoms with Crippen molar-refractivity contribution in [1.29, 1.82) is 0 Å². The van der Waals surface area contributed by atoms with Gasteiger partial charge in [-0.15, -0.1) is 0 Å². The molecule has 3 N–H and O–H groups in total. The second-order valence-corrected chi connectivity index (χ2v) is 5.50. The van der Waals surface area contributed by atoms with E-state index in [4.69, 9.17) is 28.9 Å². The molecule has 1 amide bonds. The number of amides is 1. The van der Waals surface area contributed by atoms with E-state index in [1.807, 2.05) is 0 Å². The van der Waals surface area contributed by atoms with Crippen LogP contribution in [-0.4, -0.2) is 18.5 Å². The van der Waals surface area contributed by atoms with Crippen LogP contribution in [0, 0.1) is 5.92 Å². The lowest BCUT2D eigenvalue weighted by atomic mass is 10.0. The SMILES string of the molecule is CC(C)CC(CN)NC(=O)c1cc(Cl)ccc1Cl. The topological polar surface area (TPSA) is 55.1 Å². The molecule has 0 spiro atoms. The maximum Gasteiger partial charge on any atom is 0.253 e. The molecule has 1 aromatic rings. The molecule has 0 aliphatic heterocycles. The highest BCUT2D eigenvalue weighted by atomic mass is 35.5. The van der Waals surface area contributed by atoms with Crippen LogP contribution in [0.15, 0.2) is 18.2 Å². The van der Waals surface area contributed by atoms with Gasteiger partial charge in [0.15, 0.2) is 0 Å². The van der Waals surface area contributed by atoms with Gasteiger partial charge in [-0.05, 0) is 30.5 Å². The van der Waals surface area contributed by atoms with Crippen LogP contribution in [0.25, 0.3) is 0 Å². The Hall–Kier alpha value is -0.770. The molecule has 0 saturated heterocycles. The van der Waals surface area contributed by atoms with E-state index < -0.39 is 0 Å². The van der Waals surface area contributed by atoms with E-state index in [9.17, 15) is 4.79 Å².